The van der Waals surface area contributed by atoms with Crippen LogP contribution >= 0.6 is 0 Å². The van der Waals surface area contributed by atoms with Gasteiger partial charge in [-0.2, -0.15) is 0 Å². The Bertz CT molecular complexity index is 227. The lowest BCUT2D eigenvalue weighted by atomic mass is 10.3. The quantitative estimate of drug-likeness (QED) is 0.651. The molecule has 0 heterocycles. The molecule has 1 atom stereocenters. The third-order valence-electron chi connectivity index (χ3n) is 1.60. The molecular weight excluding hydrogens is 202 g/mol. The zero-order valence-electron chi connectivity index (χ0n) is 7.33. The number of hydrogen-bond acceptors (Lipinski definition) is 3. The number of sulfonamides is 1. The van der Waals surface area contributed by atoms with Crippen molar-refractivity contribution in [3.05, 3.63) is 0 Å². The summed E-state index contributed by atoms with van der Waals surface area (Å²) >= 11 is 0. The van der Waals surface area contributed by atoms with Gasteiger partial charge in [0.25, 0.3) is 6.43 Å². The van der Waals surface area contributed by atoms with Crippen molar-refractivity contribution >= 4 is 10.0 Å². The van der Waals surface area contributed by atoms with Crippen LogP contribution in [0.1, 0.15) is 13.3 Å². The maximum Gasteiger partial charge on any atom is 0.251 e. The molecule has 3 N–H and O–H groups in total. The van der Waals surface area contributed by atoms with Gasteiger partial charge in [-0.1, -0.05) is 6.92 Å². The highest BCUT2D eigenvalue weighted by atomic mass is 32.2. The topological polar surface area (TPSA) is 72.2 Å². The first kappa shape index (κ1) is 12.7. The third-order valence-corrected chi connectivity index (χ3v) is 3.57. The molecule has 0 aromatic rings. The molecule has 0 aromatic carbocycles. The summed E-state index contributed by atoms with van der Waals surface area (Å²) in [7, 11) is -3.67. The number of alkyl halides is 2. The van der Waals surface area contributed by atoms with Crippen LogP contribution < -0.4 is 10.5 Å². The molecule has 1 unspecified atom stereocenters. The van der Waals surface area contributed by atoms with Crippen molar-refractivity contribution in [1.82, 2.24) is 4.72 Å². The molecule has 7 heteroatoms. The van der Waals surface area contributed by atoms with Crippen LogP contribution in [0.2, 0.25) is 0 Å². The van der Waals surface area contributed by atoms with Crippen LogP contribution in [0, 0.1) is 0 Å². The fourth-order valence-electron chi connectivity index (χ4n) is 0.810. The molecule has 0 aliphatic carbocycles. The lowest BCUT2D eigenvalue weighted by Crippen LogP contribution is -2.40. The van der Waals surface area contributed by atoms with E-state index in [1.807, 2.05) is 0 Å². The van der Waals surface area contributed by atoms with Crippen LogP contribution in [0.15, 0.2) is 0 Å². The van der Waals surface area contributed by atoms with Gasteiger partial charge in [0.1, 0.15) is 0 Å². The Morgan fingerprint density at radius 1 is 1.46 bits per heavy atom. The molecule has 13 heavy (non-hydrogen) atoms. The Morgan fingerprint density at radius 3 is 2.31 bits per heavy atom. The average Bonchev–Trinajstić information content (AvgIpc) is 2.03. The van der Waals surface area contributed by atoms with Crippen molar-refractivity contribution in [3.8, 4) is 0 Å². The first-order chi connectivity index (χ1) is 5.94. The molecule has 0 radical (unpaired) electrons. The van der Waals surface area contributed by atoms with Crippen molar-refractivity contribution in [3.63, 3.8) is 0 Å². The average molecular weight is 216 g/mol. The molecule has 0 saturated carbocycles. The molecule has 0 saturated heterocycles. The highest BCUT2D eigenvalue weighted by molar-refractivity contribution is 7.90. The van der Waals surface area contributed by atoms with Gasteiger partial charge in [-0.15, -0.1) is 0 Å². The summed E-state index contributed by atoms with van der Waals surface area (Å²) in [6.45, 7) is 0.729. The van der Waals surface area contributed by atoms with E-state index < -0.39 is 28.2 Å². The second-order valence-electron chi connectivity index (χ2n) is 2.55. The Hall–Kier alpha value is -0.270. The number of nitrogens with one attached hydrogen (secondary N) is 1. The van der Waals surface area contributed by atoms with Crippen molar-refractivity contribution in [1.29, 1.82) is 0 Å². The van der Waals surface area contributed by atoms with Gasteiger partial charge in [-0.05, 0) is 6.42 Å². The van der Waals surface area contributed by atoms with Gasteiger partial charge < -0.3 is 5.73 Å². The molecule has 0 spiro atoms. The van der Waals surface area contributed by atoms with Crippen LogP contribution in [0.3, 0.4) is 0 Å². The minimum atomic E-state index is -3.67. The molecule has 0 fully saturated rings. The lowest BCUT2D eigenvalue weighted by Gasteiger charge is -2.13. The van der Waals surface area contributed by atoms with Gasteiger partial charge in [0.15, 0.2) is 0 Å². The summed E-state index contributed by atoms with van der Waals surface area (Å²) in [5, 5.41) is -0.786. The van der Waals surface area contributed by atoms with Crippen LogP contribution in [0.5, 0.6) is 0 Å². The van der Waals surface area contributed by atoms with E-state index in [9.17, 15) is 17.2 Å². The number of halogens is 2. The molecule has 0 aromatic heterocycles. The predicted octanol–water partition coefficient (Wildman–Crippen LogP) is -0.0918. The molecule has 0 rings (SSSR count). The van der Waals surface area contributed by atoms with Gasteiger partial charge in [-0.25, -0.2) is 21.9 Å². The number of rotatable bonds is 6. The van der Waals surface area contributed by atoms with E-state index in [0.717, 1.165) is 0 Å². The van der Waals surface area contributed by atoms with Gasteiger partial charge in [0.05, 0.1) is 11.8 Å². The second kappa shape index (κ2) is 5.46. The van der Waals surface area contributed by atoms with Gasteiger partial charge in [0, 0.05) is 6.54 Å². The van der Waals surface area contributed by atoms with Gasteiger partial charge >= 0.3 is 0 Å². The fraction of sp³-hybridized carbons (Fsp3) is 1.00. The maximum absolute atomic E-state index is 11.7. The highest BCUT2D eigenvalue weighted by Gasteiger charge is 2.22. The van der Waals surface area contributed by atoms with E-state index in [1.165, 1.54) is 0 Å². The van der Waals surface area contributed by atoms with Gasteiger partial charge in [0.2, 0.25) is 10.0 Å². The molecule has 0 bridgehead atoms. The Morgan fingerprint density at radius 2 is 2.00 bits per heavy atom. The van der Waals surface area contributed by atoms with E-state index in [0.29, 0.717) is 6.42 Å². The Balaban J connectivity index is 4.22. The van der Waals surface area contributed by atoms with Crippen molar-refractivity contribution in [2.24, 2.45) is 5.73 Å². The van der Waals surface area contributed by atoms with Crippen LogP contribution in [0.25, 0.3) is 0 Å². The Kier molecular flexibility index (Phi) is 5.34. The smallest absolute Gasteiger partial charge is 0.251 e. The van der Waals surface area contributed by atoms with E-state index in [2.05, 4.69) is 0 Å². The second-order valence-corrected chi connectivity index (χ2v) is 4.60. The summed E-state index contributed by atoms with van der Waals surface area (Å²) < 4.78 is 47.5. The lowest BCUT2D eigenvalue weighted by molar-refractivity contribution is 0.153. The third kappa shape index (κ3) is 4.49. The van der Waals surface area contributed by atoms with Crippen LogP contribution in [-0.4, -0.2) is 33.2 Å². The summed E-state index contributed by atoms with van der Waals surface area (Å²) in [4.78, 5) is 0. The number of hydrogen-bond donors (Lipinski definition) is 2. The molecule has 0 amide bonds. The summed E-state index contributed by atoms with van der Waals surface area (Å²) in [6.07, 6.45) is -2.36. The zero-order chi connectivity index (χ0) is 10.5. The monoisotopic (exact) mass is 216 g/mol. The van der Waals surface area contributed by atoms with Crippen LogP contribution in [-0.2, 0) is 10.0 Å². The van der Waals surface area contributed by atoms with E-state index in [-0.39, 0.29) is 6.54 Å². The first-order valence-electron chi connectivity index (χ1n) is 3.90. The van der Waals surface area contributed by atoms with E-state index in [1.54, 1.807) is 11.6 Å². The maximum atomic E-state index is 11.7. The minimum absolute atomic E-state index is 0.0604. The zero-order valence-corrected chi connectivity index (χ0v) is 8.15. The van der Waals surface area contributed by atoms with E-state index in [4.69, 9.17) is 5.73 Å². The normalized spacial score (nSPS) is 14.8. The SMILES string of the molecule is CCC(CN)S(=O)(=O)NCC(F)F. The van der Waals surface area contributed by atoms with E-state index >= 15 is 0 Å². The number of nitrogens with two attached hydrogens (primary N) is 1. The summed E-state index contributed by atoms with van der Waals surface area (Å²) in [6, 6.07) is 0. The molecular formula is C6H14F2N2O2S. The fourth-order valence-corrected chi connectivity index (χ4v) is 2.10. The molecule has 80 valence electrons. The summed E-state index contributed by atoms with van der Waals surface area (Å²) in [5.74, 6) is 0. The summed E-state index contributed by atoms with van der Waals surface area (Å²) in [5.41, 5.74) is 5.17. The molecule has 0 aliphatic heterocycles. The predicted molar refractivity (Wildman–Crippen MR) is 46.1 cm³/mol. The molecule has 0 aliphatic rings. The largest absolute Gasteiger partial charge is 0.329 e. The van der Waals surface area contributed by atoms with Crippen molar-refractivity contribution in [2.45, 2.75) is 25.0 Å². The van der Waals surface area contributed by atoms with Crippen molar-refractivity contribution in [2.75, 3.05) is 13.1 Å². The molecule has 4 nitrogen and oxygen atoms in total. The highest BCUT2D eigenvalue weighted by Crippen LogP contribution is 2.02. The minimum Gasteiger partial charge on any atom is -0.329 e. The van der Waals surface area contributed by atoms with Crippen molar-refractivity contribution < 1.29 is 17.2 Å². The van der Waals surface area contributed by atoms with Gasteiger partial charge in [-0.3, -0.25) is 0 Å². The first-order valence-corrected chi connectivity index (χ1v) is 5.45. The Labute approximate surface area is 76.5 Å². The standard InChI is InChI=1S/C6H14F2N2O2S/c1-2-5(3-9)13(11,12)10-4-6(7)8/h5-6,10H,2-4,9H2,1H3. The van der Waals surface area contributed by atoms with Crippen LogP contribution in [0.4, 0.5) is 8.78 Å².